The van der Waals surface area contributed by atoms with Crippen molar-refractivity contribution in [2.75, 3.05) is 31.2 Å². The van der Waals surface area contributed by atoms with Gasteiger partial charge in [0.15, 0.2) is 0 Å². The minimum atomic E-state index is 0.598. The molecule has 0 amide bonds. The van der Waals surface area contributed by atoms with Gasteiger partial charge in [-0.1, -0.05) is 18.2 Å². The van der Waals surface area contributed by atoms with Gasteiger partial charge in [-0.15, -0.1) is 5.10 Å². The summed E-state index contributed by atoms with van der Waals surface area (Å²) < 4.78 is 7.97. The molecule has 108 valence electrons. The van der Waals surface area contributed by atoms with Crippen LogP contribution in [0.3, 0.4) is 0 Å². The largest absolute Gasteiger partial charge is 0.380 e. The zero-order valence-corrected chi connectivity index (χ0v) is 12.7. The summed E-state index contributed by atoms with van der Waals surface area (Å²) in [5, 5.41) is 7.23. The molecule has 1 aromatic carbocycles. The van der Waals surface area contributed by atoms with Crippen molar-refractivity contribution in [2.24, 2.45) is 0 Å². The topological polar surface area (TPSA) is 46.1 Å². The molecule has 0 fully saturated rings. The van der Waals surface area contributed by atoms with Gasteiger partial charge in [-0.25, -0.2) is 5.10 Å². The first kappa shape index (κ1) is 14.7. The Morgan fingerprint density at radius 1 is 1.30 bits per heavy atom. The molecule has 0 unspecified atom stereocenters. The minimum absolute atomic E-state index is 0.598. The second-order valence-corrected chi connectivity index (χ2v) is 4.66. The zero-order valence-electron chi connectivity index (χ0n) is 11.9. The van der Waals surface area contributed by atoms with E-state index in [2.05, 4.69) is 22.0 Å². The number of aromatic nitrogens is 3. The van der Waals surface area contributed by atoms with E-state index in [4.69, 9.17) is 17.0 Å². The monoisotopic (exact) mass is 292 g/mol. The number of ether oxygens (including phenoxy) is 1. The highest BCUT2D eigenvalue weighted by atomic mass is 32.1. The zero-order chi connectivity index (χ0) is 14.4. The molecule has 2 aromatic rings. The summed E-state index contributed by atoms with van der Waals surface area (Å²) in [6.07, 6.45) is 0. The van der Waals surface area contributed by atoms with E-state index in [9.17, 15) is 0 Å². The van der Waals surface area contributed by atoms with Crippen LogP contribution in [-0.2, 0) is 4.74 Å². The number of aromatic amines is 1. The van der Waals surface area contributed by atoms with Crippen LogP contribution in [0.2, 0.25) is 0 Å². The quantitative estimate of drug-likeness (QED) is 0.629. The maximum absolute atomic E-state index is 5.42. The van der Waals surface area contributed by atoms with Gasteiger partial charge in [0, 0.05) is 19.7 Å². The summed E-state index contributed by atoms with van der Waals surface area (Å²) >= 11 is 5.34. The van der Waals surface area contributed by atoms with Gasteiger partial charge in [0.05, 0.1) is 12.3 Å². The Labute approximate surface area is 124 Å². The molecule has 0 aliphatic carbocycles. The fourth-order valence-corrected chi connectivity index (χ4v) is 2.26. The van der Waals surface area contributed by atoms with E-state index in [-0.39, 0.29) is 0 Å². The standard InChI is InChI=1S/C14H20N4OS/c1-3-17(10-11-19-4-2)13-15-16-14(20)18(13)12-8-6-5-7-9-12/h5-9H,3-4,10-11H2,1-2H3,(H,16,20). The first-order valence-corrected chi connectivity index (χ1v) is 7.24. The van der Waals surface area contributed by atoms with E-state index < -0.39 is 0 Å². The van der Waals surface area contributed by atoms with Gasteiger partial charge >= 0.3 is 0 Å². The normalized spacial score (nSPS) is 10.7. The number of anilines is 1. The third kappa shape index (κ3) is 3.26. The molecule has 0 saturated heterocycles. The Morgan fingerprint density at radius 2 is 2.05 bits per heavy atom. The molecule has 5 nitrogen and oxygen atoms in total. The third-order valence-corrected chi connectivity index (χ3v) is 3.32. The summed E-state index contributed by atoms with van der Waals surface area (Å²) in [5.74, 6) is 0.823. The number of benzene rings is 1. The summed E-state index contributed by atoms with van der Waals surface area (Å²) in [4.78, 5) is 2.15. The number of nitrogens with zero attached hydrogens (tertiary/aromatic N) is 3. The Bertz CT molecular complexity index is 578. The summed E-state index contributed by atoms with van der Waals surface area (Å²) in [7, 11) is 0. The Morgan fingerprint density at radius 3 is 2.70 bits per heavy atom. The van der Waals surface area contributed by atoms with Gasteiger partial charge in [-0.2, -0.15) is 0 Å². The lowest BCUT2D eigenvalue weighted by atomic mass is 10.3. The van der Waals surface area contributed by atoms with Crippen molar-refractivity contribution in [3.63, 3.8) is 0 Å². The van der Waals surface area contributed by atoms with E-state index in [1.54, 1.807) is 0 Å². The van der Waals surface area contributed by atoms with Crippen LogP contribution in [0.5, 0.6) is 0 Å². The smallest absolute Gasteiger partial charge is 0.230 e. The van der Waals surface area contributed by atoms with Crippen LogP contribution in [-0.4, -0.2) is 41.1 Å². The molecule has 0 spiro atoms. The highest BCUT2D eigenvalue weighted by molar-refractivity contribution is 7.71. The van der Waals surface area contributed by atoms with Crippen molar-refractivity contribution in [1.29, 1.82) is 0 Å². The molecule has 0 bridgehead atoms. The summed E-state index contributed by atoms with van der Waals surface area (Å²) in [6.45, 7) is 7.13. The Kier molecular flexibility index (Phi) is 5.31. The number of H-pyrrole nitrogens is 1. The van der Waals surface area contributed by atoms with Crippen LogP contribution in [0.15, 0.2) is 30.3 Å². The van der Waals surface area contributed by atoms with Gasteiger partial charge in [0.2, 0.25) is 10.7 Å². The number of rotatable bonds is 7. The van der Waals surface area contributed by atoms with E-state index in [0.717, 1.165) is 31.3 Å². The minimum Gasteiger partial charge on any atom is -0.380 e. The van der Waals surface area contributed by atoms with Crippen LogP contribution in [0.25, 0.3) is 5.69 Å². The SMILES string of the molecule is CCOCCN(CC)c1n[nH]c(=S)n1-c1ccccc1. The predicted molar refractivity (Wildman–Crippen MR) is 83.1 cm³/mol. The fraction of sp³-hybridized carbons (Fsp3) is 0.429. The molecule has 2 rings (SSSR count). The molecule has 0 atom stereocenters. The van der Waals surface area contributed by atoms with Crippen LogP contribution in [0, 0.1) is 4.77 Å². The summed E-state index contributed by atoms with van der Waals surface area (Å²) in [5.41, 5.74) is 1.01. The molecule has 0 aliphatic heterocycles. The highest BCUT2D eigenvalue weighted by Gasteiger charge is 2.14. The van der Waals surface area contributed by atoms with Gasteiger partial charge in [-0.3, -0.25) is 4.57 Å². The molecule has 1 N–H and O–H groups in total. The fourth-order valence-electron chi connectivity index (χ4n) is 2.03. The van der Waals surface area contributed by atoms with Gasteiger partial charge < -0.3 is 9.64 Å². The van der Waals surface area contributed by atoms with Crippen molar-refractivity contribution in [3.8, 4) is 5.69 Å². The highest BCUT2D eigenvalue weighted by Crippen LogP contribution is 2.17. The molecule has 0 radical (unpaired) electrons. The molecular weight excluding hydrogens is 272 g/mol. The van der Waals surface area contributed by atoms with E-state index in [1.165, 1.54) is 0 Å². The number of hydrogen-bond acceptors (Lipinski definition) is 4. The molecule has 1 aromatic heterocycles. The molecule has 1 heterocycles. The first-order chi connectivity index (χ1) is 9.77. The first-order valence-electron chi connectivity index (χ1n) is 6.83. The van der Waals surface area contributed by atoms with Gasteiger partial charge in [0.25, 0.3) is 0 Å². The number of hydrogen-bond donors (Lipinski definition) is 1. The van der Waals surface area contributed by atoms with Crippen LogP contribution < -0.4 is 4.90 Å². The van der Waals surface area contributed by atoms with Crippen molar-refractivity contribution >= 4 is 18.2 Å². The van der Waals surface area contributed by atoms with Crippen molar-refractivity contribution in [2.45, 2.75) is 13.8 Å². The Hall–Kier alpha value is -1.66. The summed E-state index contributed by atoms with van der Waals surface area (Å²) in [6, 6.07) is 10.0. The van der Waals surface area contributed by atoms with E-state index >= 15 is 0 Å². The van der Waals surface area contributed by atoms with Gasteiger partial charge in [0.1, 0.15) is 0 Å². The molecular formula is C14H20N4OS. The van der Waals surface area contributed by atoms with E-state index in [1.807, 2.05) is 41.8 Å². The van der Waals surface area contributed by atoms with Crippen LogP contribution in [0.4, 0.5) is 5.95 Å². The number of para-hydroxylation sites is 1. The maximum Gasteiger partial charge on any atom is 0.230 e. The van der Waals surface area contributed by atoms with Crippen molar-refractivity contribution in [1.82, 2.24) is 14.8 Å². The van der Waals surface area contributed by atoms with Crippen molar-refractivity contribution in [3.05, 3.63) is 35.1 Å². The van der Waals surface area contributed by atoms with Crippen LogP contribution >= 0.6 is 12.2 Å². The molecule has 6 heteroatoms. The lowest BCUT2D eigenvalue weighted by molar-refractivity contribution is 0.153. The average molecular weight is 292 g/mol. The number of likely N-dealkylation sites (N-methyl/N-ethyl adjacent to an activating group) is 1. The lowest BCUT2D eigenvalue weighted by Gasteiger charge is -2.22. The third-order valence-electron chi connectivity index (χ3n) is 3.04. The molecule has 0 aliphatic rings. The molecule has 0 saturated carbocycles. The predicted octanol–water partition coefficient (Wildman–Crippen LogP) is 2.79. The van der Waals surface area contributed by atoms with E-state index in [0.29, 0.717) is 11.4 Å². The Balaban J connectivity index is 2.30. The number of nitrogens with one attached hydrogen (secondary N) is 1. The van der Waals surface area contributed by atoms with Gasteiger partial charge in [-0.05, 0) is 38.2 Å². The van der Waals surface area contributed by atoms with Crippen molar-refractivity contribution < 1.29 is 4.74 Å². The van der Waals surface area contributed by atoms with Crippen LogP contribution in [0.1, 0.15) is 13.8 Å². The maximum atomic E-state index is 5.42. The average Bonchev–Trinajstić information content (AvgIpc) is 2.86. The molecule has 20 heavy (non-hydrogen) atoms. The second-order valence-electron chi connectivity index (χ2n) is 4.28. The second kappa shape index (κ2) is 7.21. The lowest BCUT2D eigenvalue weighted by Crippen LogP contribution is -2.29.